The maximum Gasteiger partial charge on any atom is 0.0511 e. The van der Waals surface area contributed by atoms with Crippen LogP contribution in [0.2, 0.25) is 0 Å². The highest BCUT2D eigenvalue weighted by atomic mass is 32.2. The quantitative estimate of drug-likeness (QED) is 0.499. The highest BCUT2D eigenvalue weighted by Gasteiger charge is 2.14. The maximum absolute atomic E-state index is 5.78. The second-order valence-electron chi connectivity index (χ2n) is 5.08. The Hall–Kier alpha value is -1.29. The molecule has 3 N–H and O–H groups in total. The highest BCUT2D eigenvalue weighted by Crippen LogP contribution is 2.28. The predicted molar refractivity (Wildman–Crippen MR) is 87.9 cm³/mol. The van der Waals surface area contributed by atoms with Crippen LogP contribution in [0.3, 0.4) is 0 Å². The van der Waals surface area contributed by atoms with Gasteiger partial charge >= 0.3 is 0 Å². The van der Waals surface area contributed by atoms with Crippen LogP contribution in [0, 0.1) is 13.8 Å². The first kappa shape index (κ1) is 15.1. The van der Waals surface area contributed by atoms with E-state index in [1.165, 1.54) is 27.1 Å². The third-order valence-electron chi connectivity index (χ3n) is 3.73. The standard InChI is InChI=1S/C17H22N2S/c1-12-8-9-14(10-13(12)2)11-16(19-18)15-6-4-5-7-17(15)20-3/h4-10,16,19H,11,18H2,1-3H3. The molecule has 1 unspecified atom stereocenters. The number of nitrogens with two attached hydrogens (primary N) is 1. The Balaban J connectivity index is 2.26. The fourth-order valence-electron chi connectivity index (χ4n) is 2.38. The van der Waals surface area contributed by atoms with Crippen molar-refractivity contribution in [3.63, 3.8) is 0 Å². The summed E-state index contributed by atoms with van der Waals surface area (Å²) < 4.78 is 0. The normalized spacial score (nSPS) is 12.4. The maximum atomic E-state index is 5.78. The number of rotatable bonds is 5. The van der Waals surface area contributed by atoms with E-state index in [0.717, 1.165) is 6.42 Å². The Bertz CT molecular complexity index is 581. The van der Waals surface area contributed by atoms with Crippen molar-refractivity contribution >= 4 is 11.8 Å². The Labute approximate surface area is 125 Å². The predicted octanol–water partition coefficient (Wildman–Crippen LogP) is 3.77. The van der Waals surface area contributed by atoms with Gasteiger partial charge in [0, 0.05) is 4.90 Å². The molecule has 0 saturated carbocycles. The van der Waals surface area contributed by atoms with Gasteiger partial charge in [-0.15, -0.1) is 11.8 Å². The van der Waals surface area contributed by atoms with Crippen molar-refractivity contribution in [1.82, 2.24) is 5.43 Å². The molecule has 0 aliphatic rings. The lowest BCUT2D eigenvalue weighted by atomic mass is 9.97. The van der Waals surface area contributed by atoms with Crippen molar-refractivity contribution in [3.8, 4) is 0 Å². The van der Waals surface area contributed by atoms with Crippen molar-refractivity contribution in [2.75, 3.05) is 6.26 Å². The van der Waals surface area contributed by atoms with Gasteiger partial charge in [0.2, 0.25) is 0 Å². The van der Waals surface area contributed by atoms with Crippen LogP contribution in [-0.2, 0) is 6.42 Å². The van der Waals surface area contributed by atoms with Gasteiger partial charge in [0.05, 0.1) is 6.04 Å². The molecule has 0 heterocycles. The van der Waals surface area contributed by atoms with E-state index < -0.39 is 0 Å². The number of hydrogen-bond donors (Lipinski definition) is 2. The molecule has 2 nitrogen and oxygen atoms in total. The zero-order chi connectivity index (χ0) is 14.5. The highest BCUT2D eigenvalue weighted by molar-refractivity contribution is 7.98. The molecule has 3 heteroatoms. The van der Waals surface area contributed by atoms with Crippen LogP contribution < -0.4 is 11.3 Å². The summed E-state index contributed by atoms with van der Waals surface area (Å²) in [5, 5.41) is 0. The number of thioether (sulfide) groups is 1. The van der Waals surface area contributed by atoms with Crippen molar-refractivity contribution in [1.29, 1.82) is 0 Å². The molecule has 0 saturated heterocycles. The molecular weight excluding hydrogens is 264 g/mol. The molecule has 0 aliphatic heterocycles. The summed E-state index contributed by atoms with van der Waals surface area (Å²) in [5.41, 5.74) is 8.20. The van der Waals surface area contributed by atoms with E-state index in [-0.39, 0.29) is 6.04 Å². The minimum atomic E-state index is 0.140. The molecule has 1 atom stereocenters. The van der Waals surface area contributed by atoms with E-state index in [0.29, 0.717) is 0 Å². The van der Waals surface area contributed by atoms with E-state index in [1.54, 1.807) is 11.8 Å². The van der Waals surface area contributed by atoms with Crippen molar-refractivity contribution in [3.05, 3.63) is 64.7 Å². The van der Waals surface area contributed by atoms with E-state index in [9.17, 15) is 0 Å². The zero-order valence-corrected chi connectivity index (χ0v) is 13.1. The van der Waals surface area contributed by atoms with Crippen molar-refractivity contribution in [2.45, 2.75) is 31.2 Å². The van der Waals surface area contributed by atoms with E-state index in [2.05, 4.69) is 68.0 Å². The molecule has 106 valence electrons. The molecule has 0 bridgehead atoms. The summed E-state index contributed by atoms with van der Waals surface area (Å²) in [4.78, 5) is 1.28. The second-order valence-corrected chi connectivity index (χ2v) is 5.93. The van der Waals surface area contributed by atoms with E-state index >= 15 is 0 Å². The number of hydrazine groups is 1. The Kier molecular flexibility index (Phi) is 5.24. The van der Waals surface area contributed by atoms with Gasteiger partial charge in [-0.05, 0) is 54.8 Å². The topological polar surface area (TPSA) is 38.0 Å². The van der Waals surface area contributed by atoms with Gasteiger partial charge in [0.25, 0.3) is 0 Å². The average molecular weight is 286 g/mol. The summed E-state index contributed by atoms with van der Waals surface area (Å²) >= 11 is 1.76. The van der Waals surface area contributed by atoms with Gasteiger partial charge in [0.15, 0.2) is 0 Å². The molecular formula is C17H22N2S. The SMILES string of the molecule is CSc1ccccc1C(Cc1ccc(C)c(C)c1)NN. The van der Waals surface area contributed by atoms with Crippen LogP contribution in [0.25, 0.3) is 0 Å². The van der Waals surface area contributed by atoms with Gasteiger partial charge in [-0.3, -0.25) is 11.3 Å². The average Bonchev–Trinajstić information content (AvgIpc) is 2.48. The summed E-state index contributed by atoms with van der Waals surface area (Å²) in [7, 11) is 0. The summed E-state index contributed by atoms with van der Waals surface area (Å²) in [6, 6.07) is 15.2. The number of benzene rings is 2. The fraction of sp³-hybridized carbons (Fsp3) is 0.294. The summed E-state index contributed by atoms with van der Waals surface area (Å²) in [6.07, 6.45) is 3.00. The Morgan fingerprint density at radius 3 is 2.50 bits per heavy atom. The first-order chi connectivity index (χ1) is 9.65. The third kappa shape index (κ3) is 3.42. The first-order valence-electron chi connectivity index (χ1n) is 6.81. The van der Waals surface area contributed by atoms with E-state index in [1.807, 2.05) is 0 Å². The lowest BCUT2D eigenvalue weighted by molar-refractivity contribution is 0.544. The molecule has 2 aromatic carbocycles. The van der Waals surface area contributed by atoms with Gasteiger partial charge < -0.3 is 0 Å². The first-order valence-corrected chi connectivity index (χ1v) is 8.03. The molecule has 0 spiro atoms. The van der Waals surface area contributed by atoms with Crippen LogP contribution in [0.15, 0.2) is 47.4 Å². The molecule has 0 fully saturated rings. The van der Waals surface area contributed by atoms with Crippen LogP contribution in [-0.4, -0.2) is 6.26 Å². The molecule has 20 heavy (non-hydrogen) atoms. The Morgan fingerprint density at radius 2 is 1.85 bits per heavy atom. The number of aryl methyl sites for hydroxylation is 2. The van der Waals surface area contributed by atoms with Gasteiger partial charge in [0.1, 0.15) is 0 Å². The monoisotopic (exact) mass is 286 g/mol. The van der Waals surface area contributed by atoms with Gasteiger partial charge in [-0.2, -0.15) is 0 Å². The summed E-state index contributed by atoms with van der Waals surface area (Å²) in [6.45, 7) is 4.29. The largest absolute Gasteiger partial charge is 0.271 e. The molecule has 0 amide bonds. The summed E-state index contributed by atoms with van der Waals surface area (Å²) in [5.74, 6) is 5.78. The Morgan fingerprint density at radius 1 is 1.10 bits per heavy atom. The smallest absolute Gasteiger partial charge is 0.0511 e. The minimum Gasteiger partial charge on any atom is -0.271 e. The molecule has 2 rings (SSSR count). The third-order valence-corrected chi connectivity index (χ3v) is 4.54. The van der Waals surface area contributed by atoms with Gasteiger partial charge in [-0.1, -0.05) is 36.4 Å². The second kappa shape index (κ2) is 6.93. The lowest BCUT2D eigenvalue weighted by Gasteiger charge is -2.19. The van der Waals surface area contributed by atoms with Crippen LogP contribution in [0.1, 0.15) is 28.3 Å². The van der Waals surface area contributed by atoms with Gasteiger partial charge in [-0.25, -0.2) is 0 Å². The molecule has 2 aromatic rings. The zero-order valence-electron chi connectivity index (χ0n) is 12.3. The minimum absolute atomic E-state index is 0.140. The van der Waals surface area contributed by atoms with Crippen LogP contribution in [0.5, 0.6) is 0 Å². The van der Waals surface area contributed by atoms with Crippen molar-refractivity contribution < 1.29 is 0 Å². The molecule has 0 radical (unpaired) electrons. The van der Waals surface area contributed by atoms with Crippen LogP contribution in [0.4, 0.5) is 0 Å². The molecule has 0 aromatic heterocycles. The van der Waals surface area contributed by atoms with Crippen LogP contribution >= 0.6 is 11.8 Å². The number of nitrogens with one attached hydrogen (secondary N) is 1. The molecule has 0 aliphatic carbocycles. The lowest BCUT2D eigenvalue weighted by Crippen LogP contribution is -2.30. The fourth-order valence-corrected chi connectivity index (χ4v) is 3.04. The number of hydrogen-bond acceptors (Lipinski definition) is 3. The van der Waals surface area contributed by atoms with Crippen molar-refractivity contribution in [2.24, 2.45) is 5.84 Å². The van der Waals surface area contributed by atoms with E-state index in [4.69, 9.17) is 5.84 Å².